The highest BCUT2D eigenvalue weighted by Gasteiger charge is 2.41. The van der Waals surface area contributed by atoms with E-state index in [1.54, 1.807) is 19.1 Å². The molecular formula is C19H22N2O7. The molecule has 0 saturated carbocycles. The van der Waals surface area contributed by atoms with Crippen molar-refractivity contribution >= 4 is 29.7 Å². The predicted octanol–water partition coefficient (Wildman–Crippen LogP) is 0.674. The zero-order valence-electron chi connectivity index (χ0n) is 15.7. The smallest absolute Gasteiger partial charge is 0.329 e. The van der Waals surface area contributed by atoms with Gasteiger partial charge in [0.2, 0.25) is 0 Å². The van der Waals surface area contributed by atoms with E-state index >= 15 is 0 Å². The molecule has 1 N–H and O–H groups in total. The average molecular weight is 390 g/mol. The average Bonchev–Trinajstić information content (AvgIpc) is 2.94. The minimum Gasteiger partial charge on any atom is -0.466 e. The number of hydrogen-bond acceptors (Lipinski definition) is 7. The van der Waals surface area contributed by atoms with Crippen LogP contribution in [0, 0.1) is 0 Å². The standard InChI is InChI=1S/C19H22N2O7/c1-3-27-16(23)9-6-10-20-15(22)11-28-19(26)12(2)21-17(24)13-7-4-5-8-14(13)18(21)25/h4-5,7-8,12H,3,6,9-11H2,1-2H3,(H,20,22)/t12-/m0/s1. The van der Waals surface area contributed by atoms with Crippen molar-refractivity contribution < 1.29 is 33.4 Å². The fourth-order valence-electron chi connectivity index (χ4n) is 2.67. The number of ether oxygens (including phenoxy) is 2. The van der Waals surface area contributed by atoms with Crippen LogP contribution in [0.3, 0.4) is 0 Å². The normalized spacial score (nSPS) is 13.7. The topological polar surface area (TPSA) is 119 Å². The van der Waals surface area contributed by atoms with E-state index in [1.165, 1.54) is 19.1 Å². The molecule has 0 bridgehead atoms. The molecule has 0 saturated heterocycles. The molecule has 1 aromatic carbocycles. The van der Waals surface area contributed by atoms with Crippen molar-refractivity contribution in [3.8, 4) is 0 Å². The van der Waals surface area contributed by atoms with Gasteiger partial charge in [0, 0.05) is 13.0 Å². The molecule has 0 fully saturated rings. The summed E-state index contributed by atoms with van der Waals surface area (Å²) in [4.78, 5) is 60.6. The van der Waals surface area contributed by atoms with Gasteiger partial charge in [-0.15, -0.1) is 0 Å². The van der Waals surface area contributed by atoms with Crippen LogP contribution in [0.4, 0.5) is 0 Å². The number of hydrogen-bond donors (Lipinski definition) is 1. The third-order valence-corrected chi connectivity index (χ3v) is 4.08. The maximum absolute atomic E-state index is 12.3. The van der Waals surface area contributed by atoms with Gasteiger partial charge >= 0.3 is 11.9 Å². The van der Waals surface area contributed by atoms with Gasteiger partial charge in [0.05, 0.1) is 17.7 Å². The highest BCUT2D eigenvalue weighted by molar-refractivity contribution is 6.22. The molecule has 1 aliphatic heterocycles. The molecule has 3 amide bonds. The molecule has 0 aliphatic carbocycles. The van der Waals surface area contributed by atoms with Gasteiger partial charge in [0.15, 0.2) is 6.61 Å². The minimum absolute atomic E-state index is 0.171. The number of esters is 2. The summed E-state index contributed by atoms with van der Waals surface area (Å²) in [6.07, 6.45) is 0.564. The number of carbonyl (C=O) groups excluding carboxylic acids is 5. The van der Waals surface area contributed by atoms with Crippen LogP contribution in [0.1, 0.15) is 47.4 Å². The number of nitrogens with zero attached hydrogens (tertiary/aromatic N) is 1. The van der Waals surface area contributed by atoms with Crippen LogP contribution in [0.5, 0.6) is 0 Å². The molecule has 1 heterocycles. The Labute approximate surface area is 162 Å². The van der Waals surface area contributed by atoms with Gasteiger partial charge in [-0.1, -0.05) is 12.1 Å². The van der Waals surface area contributed by atoms with Gasteiger partial charge in [-0.05, 0) is 32.4 Å². The van der Waals surface area contributed by atoms with E-state index in [1.807, 2.05) is 0 Å². The van der Waals surface area contributed by atoms with Crippen LogP contribution in [0.25, 0.3) is 0 Å². The van der Waals surface area contributed by atoms with Crippen LogP contribution in [-0.4, -0.2) is 60.4 Å². The fraction of sp³-hybridized carbons (Fsp3) is 0.421. The zero-order chi connectivity index (χ0) is 20.7. The number of carbonyl (C=O) groups is 5. The van der Waals surface area contributed by atoms with Crippen molar-refractivity contribution in [1.29, 1.82) is 0 Å². The van der Waals surface area contributed by atoms with E-state index in [4.69, 9.17) is 9.47 Å². The highest BCUT2D eigenvalue weighted by Crippen LogP contribution is 2.24. The van der Waals surface area contributed by atoms with E-state index in [2.05, 4.69) is 5.32 Å². The summed E-state index contributed by atoms with van der Waals surface area (Å²) in [7, 11) is 0. The summed E-state index contributed by atoms with van der Waals surface area (Å²) < 4.78 is 9.66. The maximum atomic E-state index is 12.3. The van der Waals surface area contributed by atoms with Gasteiger partial charge in [-0.3, -0.25) is 24.1 Å². The van der Waals surface area contributed by atoms with Crippen molar-refractivity contribution in [2.45, 2.75) is 32.7 Å². The summed E-state index contributed by atoms with van der Waals surface area (Å²) in [6, 6.07) is 5.12. The van der Waals surface area contributed by atoms with Gasteiger partial charge in [0.25, 0.3) is 17.7 Å². The molecule has 1 aliphatic rings. The number of benzene rings is 1. The Morgan fingerprint density at radius 1 is 1.07 bits per heavy atom. The van der Waals surface area contributed by atoms with Crippen molar-refractivity contribution in [1.82, 2.24) is 10.2 Å². The van der Waals surface area contributed by atoms with Gasteiger partial charge in [-0.2, -0.15) is 0 Å². The Kier molecular flexibility index (Phi) is 7.25. The first kappa shape index (κ1) is 21.1. The largest absolute Gasteiger partial charge is 0.466 e. The lowest BCUT2D eigenvalue weighted by Crippen LogP contribution is -2.44. The number of rotatable bonds is 9. The fourth-order valence-corrected chi connectivity index (χ4v) is 2.67. The van der Waals surface area contributed by atoms with Crippen LogP contribution >= 0.6 is 0 Å². The number of fused-ring (bicyclic) bond motifs is 1. The molecule has 0 spiro atoms. The maximum Gasteiger partial charge on any atom is 0.329 e. The second-order valence-corrected chi connectivity index (χ2v) is 6.07. The number of amides is 3. The van der Waals surface area contributed by atoms with E-state index in [0.717, 1.165) is 4.90 Å². The number of imide groups is 1. The molecule has 1 aromatic rings. The van der Waals surface area contributed by atoms with Crippen LogP contribution in [-0.2, 0) is 23.9 Å². The SMILES string of the molecule is CCOC(=O)CCCNC(=O)COC(=O)[C@H](C)N1C(=O)c2ccccc2C1=O. The zero-order valence-corrected chi connectivity index (χ0v) is 15.7. The minimum atomic E-state index is -1.16. The van der Waals surface area contributed by atoms with Crippen LogP contribution in [0.2, 0.25) is 0 Å². The van der Waals surface area contributed by atoms with Crippen LogP contribution < -0.4 is 5.32 Å². The Morgan fingerprint density at radius 3 is 2.25 bits per heavy atom. The van der Waals surface area contributed by atoms with Crippen molar-refractivity contribution in [3.05, 3.63) is 35.4 Å². The van der Waals surface area contributed by atoms with E-state index < -0.39 is 36.3 Å². The molecule has 9 heteroatoms. The van der Waals surface area contributed by atoms with Crippen molar-refractivity contribution in [3.63, 3.8) is 0 Å². The molecule has 150 valence electrons. The molecule has 0 aromatic heterocycles. The molecule has 2 rings (SSSR count). The number of nitrogens with one attached hydrogen (secondary N) is 1. The third kappa shape index (κ3) is 4.93. The summed E-state index contributed by atoms with van der Waals surface area (Å²) >= 11 is 0. The lowest BCUT2D eigenvalue weighted by molar-refractivity contribution is -0.151. The predicted molar refractivity (Wildman–Crippen MR) is 96.2 cm³/mol. The first-order chi connectivity index (χ1) is 13.4. The third-order valence-electron chi connectivity index (χ3n) is 4.08. The summed E-state index contributed by atoms with van der Waals surface area (Å²) in [5.41, 5.74) is 0.456. The lowest BCUT2D eigenvalue weighted by atomic mass is 10.1. The molecule has 0 unspecified atom stereocenters. The molecule has 9 nitrogen and oxygen atoms in total. The first-order valence-electron chi connectivity index (χ1n) is 8.92. The van der Waals surface area contributed by atoms with Gasteiger partial charge in [0.1, 0.15) is 6.04 Å². The van der Waals surface area contributed by atoms with Crippen LogP contribution in [0.15, 0.2) is 24.3 Å². The van der Waals surface area contributed by atoms with Crippen molar-refractivity contribution in [2.75, 3.05) is 19.8 Å². The molecular weight excluding hydrogens is 368 g/mol. The molecule has 28 heavy (non-hydrogen) atoms. The summed E-state index contributed by atoms with van der Waals surface area (Å²) in [5.74, 6) is -2.91. The first-order valence-corrected chi connectivity index (χ1v) is 8.92. The van der Waals surface area contributed by atoms with E-state index in [-0.39, 0.29) is 30.1 Å². The Hall–Kier alpha value is -3.23. The Bertz CT molecular complexity index is 755. The second kappa shape index (κ2) is 9.63. The van der Waals surface area contributed by atoms with Gasteiger partial charge < -0.3 is 14.8 Å². The lowest BCUT2D eigenvalue weighted by Gasteiger charge is -2.20. The Morgan fingerprint density at radius 2 is 1.68 bits per heavy atom. The van der Waals surface area contributed by atoms with E-state index in [0.29, 0.717) is 13.0 Å². The van der Waals surface area contributed by atoms with Gasteiger partial charge in [-0.25, -0.2) is 4.79 Å². The monoisotopic (exact) mass is 390 g/mol. The highest BCUT2D eigenvalue weighted by atomic mass is 16.5. The van der Waals surface area contributed by atoms with E-state index in [9.17, 15) is 24.0 Å². The molecule has 1 atom stereocenters. The van der Waals surface area contributed by atoms with Crippen molar-refractivity contribution in [2.24, 2.45) is 0 Å². The second-order valence-electron chi connectivity index (χ2n) is 6.07. The quantitative estimate of drug-likeness (QED) is 0.374. The summed E-state index contributed by atoms with van der Waals surface area (Å²) in [5, 5.41) is 2.50. The summed E-state index contributed by atoms with van der Waals surface area (Å²) in [6.45, 7) is 3.04. The molecule has 0 radical (unpaired) electrons. The Balaban J connectivity index is 1.77.